The van der Waals surface area contributed by atoms with Crippen LogP contribution in [-0.4, -0.2) is 30.5 Å². The summed E-state index contributed by atoms with van der Waals surface area (Å²) >= 11 is 0. The average Bonchev–Trinajstić information content (AvgIpc) is 2.34. The number of hydrogen-bond acceptors (Lipinski definition) is 5. The second-order valence-corrected chi connectivity index (χ2v) is 3.38. The van der Waals surface area contributed by atoms with Crippen molar-refractivity contribution in [3.05, 3.63) is 23.4 Å². The van der Waals surface area contributed by atoms with Crippen LogP contribution in [0.25, 0.3) is 0 Å². The number of nitrogens with one attached hydrogen (secondary N) is 1. The number of carbonyl (C=O) groups is 2. The Morgan fingerprint density at radius 2 is 2.05 bits per heavy atom. The molecule has 0 aromatic carbocycles. The zero-order valence-corrected chi connectivity index (χ0v) is 9.75. The molecule has 0 spiro atoms. The van der Waals surface area contributed by atoms with Crippen LogP contribution in [0.1, 0.15) is 16.1 Å². The number of nitrogens with two attached hydrogens (primary N) is 1. The maximum atomic E-state index is 12.5. The van der Waals surface area contributed by atoms with Gasteiger partial charge in [0.15, 0.2) is 0 Å². The summed E-state index contributed by atoms with van der Waals surface area (Å²) in [5.74, 6) is -2.11. The van der Waals surface area contributed by atoms with Gasteiger partial charge >= 0.3 is 12.1 Å². The van der Waals surface area contributed by atoms with Gasteiger partial charge in [0.25, 0.3) is 5.91 Å². The summed E-state index contributed by atoms with van der Waals surface area (Å²) in [6.45, 7) is -0.439. The molecule has 1 rings (SSSR count). The number of pyridine rings is 1. The van der Waals surface area contributed by atoms with Crippen molar-refractivity contribution in [3.8, 4) is 0 Å². The van der Waals surface area contributed by atoms with Gasteiger partial charge in [0.05, 0.1) is 12.7 Å². The van der Waals surface area contributed by atoms with Gasteiger partial charge in [-0.25, -0.2) is 4.98 Å². The van der Waals surface area contributed by atoms with Crippen LogP contribution in [-0.2, 0) is 15.7 Å². The lowest BCUT2D eigenvalue weighted by molar-refractivity contribution is -0.141. The fourth-order valence-corrected chi connectivity index (χ4v) is 1.18. The molecule has 1 heterocycles. The van der Waals surface area contributed by atoms with Crippen molar-refractivity contribution < 1.29 is 27.5 Å². The summed E-state index contributed by atoms with van der Waals surface area (Å²) in [4.78, 5) is 25.2. The van der Waals surface area contributed by atoms with Crippen LogP contribution in [0.4, 0.5) is 19.0 Å². The van der Waals surface area contributed by atoms with Crippen LogP contribution in [0.15, 0.2) is 12.1 Å². The predicted molar refractivity (Wildman–Crippen MR) is 58.3 cm³/mol. The molecular formula is C10H10F3N3O3. The van der Waals surface area contributed by atoms with Crippen LogP contribution in [0.5, 0.6) is 0 Å². The number of esters is 1. The van der Waals surface area contributed by atoms with E-state index in [1.165, 1.54) is 0 Å². The van der Waals surface area contributed by atoms with Crippen molar-refractivity contribution in [1.82, 2.24) is 4.98 Å². The van der Waals surface area contributed by atoms with Crippen molar-refractivity contribution in [2.24, 2.45) is 5.73 Å². The van der Waals surface area contributed by atoms with E-state index in [0.717, 1.165) is 13.2 Å². The maximum Gasteiger partial charge on any atom is 0.433 e. The molecule has 0 saturated carbocycles. The first-order valence-electron chi connectivity index (χ1n) is 4.94. The minimum Gasteiger partial charge on any atom is -0.468 e. The lowest BCUT2D eigenvalue weighted by Crippen LogP contribution is -2.21. The van der Waals surface area contributed by atoms with E-state index in [1.807, 2.05) is 0 Å². The van der Waals surface area contributed by atoms with Crippen LogP contribution in [0.3, 0.4) is 0 Å². The smallest absolute Gasteiger partial charge is 0.433 e. The molecule has 104 valence electrons. The number of alkyl halides is 3. The highest BCUT2D eigenvalue weighted by molar-refractivity contribution is 5.97. The Morgan fingerprint density at radius 1 is 1.42 bits per heavy atom. The van der Waals surface area contributed by atoms with Gasteiger partial charge in [0.1, 0.15) is 18.1 Å². The summed E-state index contributed by atoms with van der Waals surface area (Å²) in [5, 5.41) is 2.27. The Labute approximate surface area is 105 Å². The van der Waals surface area contributed by atoms with Gasteiger partial charge in [-0.1, -0.05) is 0 Å². The van der Waals surface area contributed by atoms with E-state index >= 15 is 0 Å². The highest BCUT2D eigenvalue weighted by atomic mass is 19.4. The fraction of sp³-hybridized carbons (Fsp3) is 0.300. The molecule has 1 amide bonds. The third kappa shape index (κ3) is 3.83. The van der Waals surface area contributed by atoms with Gasteiger partial charge in [-0.2, -0.15) is 13.2 Å². The molecule has 0 unspecified atom stereocenters. The number of ether oxygens (including phenoxy) is 1. The number of hydrogen-bond donors (Lipinski definition) is 2. The molecule has 9 heteroatoms. The summed E-state index contributed by atoms with van der Waals surface area (Å²) < 4.78 is 41.7. The number of primary amides is 1. The normalized spacial score (nSPS) is 10.9. The van der Waals surface area contributed by atoms with Crippen LogP contribution < -0.4 is 11.1 Å². The van der Waals surface area contributed by atoms with Gasteiger partial charge in [0, 0.05) is 0 Å². The third-order valence-corrected chi connectivity index (χ3v) is 2.08. The van der Waals surface area contributed by atoms with Crippen LogP contribution in [0, 0.1) is 0 Å². The summed E-state index contributed by atoms with van der Waals surface area (Å²) in [6, 6.07) is 1.52. The minimum absolute atomic E-state index is 0.253. The number of methoxy groups -OCH3 is 1. The summed E-state index contributed by atoms with van der Waals surface area (Å²) in [5.41, 5.74) is 3.54. The quantitative estimate of drug-likeness (QED) is 0.793. The van der Waals surface area contributed by atoms with Crippen LogP contribution >= 0.6 is 0 Å². The summed E-state index contributed by atoms with van der Waals surface area (Å²) in [6.07, 6.45) is -4.67. The van der Waals surface area contributed by atoms with Gasteiger partial charge < -0.3 is 15.8 Å². The van der Waals surface area contributed by atoms with E-state index in [9.17, 15) is 22.8 Å². The van der Waals surface area contributed by atoms with Crippen molar-refractivity contribution in [2.45, 2.75) is 6.18 Å². The molecular weight excluding hydrogens is 267 g/mol. The van der Waals surface area contributed by atoms with Crippen LogP contribution in [0.2, 0.25) is 0 Å². The molecule has 6 nitrogen and oxygen atoms in total. The zero-order chi connectivity index (χ0) is 14.6. The first-order valence-corrected chi connectivity index (χ1v) is 4.94. The Bertz CT molecular complexity index is 503. The fourth-order valence-electron chi connectivity index (χ4n) is 1.18. The molecule has 0 aliphatic heterocycles. The first kappa shape index (κ1) is 14.7. The molecule has 0 aliphatic carbocycles. The van der Waals surface area contributed by atoms with Gasteiger partial charge in [-0.05, 0) is 12.1 Å². The highest BCUT2D eigenvalue weighted by Crippen LogP contribution is 2.29. The number of carbonyl (C=O) groups excluding carboxylic acids is 2. The molecule has 1 aromatic rings. The number of nitrogens with zero attached hydrogens (tertiary/aromatic N) is 1. The Hall–Kier alpha value is -2.32. The van der Waals surface area contributed by atoms with E-state index in [-0.39, 0.29) is 5.56 Å². The number of anilines is 1. The van der Waals surface area contributed by atoms with E-state index < -0.39 is 36.1 Å². The van der Waals surface area contributed by atoms with Crippen molar-refractivity contribution in [2.75, 3.05) is 19.0 Å². The van der Waals surface area contributed by atoms with E-state index in [0.29, 0.717) is 6.07 Å². The topological polar surface area (TPSA) is 94.3 Å². The lowest BCUT2D eigenvalue weighted by Gasteiger charge is -2.11. The number of rotatable bonds is 4. The van der Waals surface area contributed by atoms with E-state index in [4.69, 9.17) is 5.73 Å². The van der Waals surface area contributed by atoms with Crippen molar-refractivity contribution in [1.29, 1.82) is 0 Å². The third-order valence-electron chi connectivity index (χ3n) is 2.08. The minimum atomic E-state index is -4.67. The van der Waals surface area contributed by atoms with Crippen molar-refractivity contribution >= 4 is 17.7 Å². The second-order valence-electron chi connectivity index (χ2n) is 3.38. The molecule has 3 N–H and O–H groups in total. The monoisotopic (exact) mass is 277 g/mol. The molecule has 0 bridgehead atoms. The van der Waals surface area contributed by atoms with E-state index in [1.54, 1.807) is 0 Å². The highest BCUT2D eigenvalue weighted by Gasteiger charge is 2.33. The Morgan fingerprint density at radius 3 is 2.53 bits per heavy atom. The molecule has 0 fully saturated rings. The molecule has 0 saturated heterocycles. The Kier molecular flexibility index (Phi) is 4.30. The zero-order valence-electron chi connectivity index (χ0n) is 9.75. The molecule has 1 aromatic heterocycles. The maximum absolute atomic E-state index is 12.5. The summed E-state index contributed by atoms with van der Waals surface area (Å²) in [7, 11) is 1.11. The number of aromatic nitrogens is 1. The molecule has 0 atom stereocenters. The molecule has 0 aliphatic rings. The van der Waals surface area contributed by atoms with Gasteiger partial charge in [-0.15, -0.1) is 0 Å². The van der Waals surface area contributed by atoms with Gasteiger partial charge in [-0.3, -0.25) is 9.59 Å². The second kappa shape index (κ2) is 5.55. The largest absolute Gasteiger partial charge is 0.468 e. The lowest BCUT2D eigenvalue weighted by atomic mass is 10.2. The predicted octanol–water partition coefficient (Wildman–Crippen LogP) is 0.784. The molecule has 19 heavy (non-hydrogen) atoms. The van der Waals surface area contributed by atoms with Crippen molar-refractivity contribution in [3.63, 3.8) is 0 Å². The Balaban J connectivity index is 3.09. The standard InChI is InChI=1S/C10H10F3N3O3/c1-19-7(17)4-15-9-5(8(14)18)2-3-6(16-9)10(11,12)13/h2-3H,4H2,1H3,(H2,14,18)(H,15,16). The SMILES string of the molecule is COC(=O)CNc1nc(C(F)(F)F)ccc1C(N)=O. The average molecular weight is 277 g/mol. The molecule has 0 radical (unpaired) electrons. The number of halogens is 3. The van der Waals surface area contributed by atoms with E-state index in [2.05, 4.69) is 15.0 Å². The van der Waals surface area contributed by atoms with Gasteiger partial charge in [0.2, 0.25) is 0 Å². The number of amides is 1. The first-order chi connectivity index (χ1) is 8.75.